The van der Waals surface area contributed by atoms with Crippen molar-refractivity contribution >= 4 is 35.0 Å². The fourth-order valence-corrected chi connectivity index (χ4v) is 4.16. The highest BCUT2D eigenvalue weighted by Gasteiger charge is 2.29. The molecule has 0 spiro atoms. The number of rotatable bonds is 5. The zero-order valence-corrected chi connectivity index (χ0v) is 18.7. The molecule has 0 radical (unpaired) electrons. The Morgan fingerprint density at radius 3 is 3.00 bits per heavy atom. The van der Waals surface area contributed by atoms with E-state index < -0.39 is 0 Å². The molecule has 0 saturated carbocycles. The number of carbonyl (C=O) groups is 1. The molecule has 5 rings (SSSR count). The van der Waals surface area contributed by atoms with E-state index in [-0.39, 0.29) is 19.4 Å². The number of carbonyl (C=O) groups excluding carboxylic acids is 1. The van der Waals surface area contributed by atoms with E-state index in [0.717, 1.165) is 11.1 Å². The van der Waals surface area contributed by atoms with Crippen LogP contribution in [0.1, 0.15) is 18.1 Å². The highest BCUT2D eigenvalue weighted by molar-refractivity contribution is 6.30. The molecule has 0 saturated heterocycles. The minimum absolute atomic E-state index is 0.0341. The van der Waals surface area contributed by atoms with Crippen molar-refractivity contribution in [3.05, 3.63) is 76.8 Å². The summed E-state index contributed by atoms with van der Waals surface area (Å²) >= 11 is 6.13. The maximum atomic E-state index is 13.1. The number of hydrogen-bond acceptors (Lipinski definition) is 7. The van der Waals surface area contributed by atoms with Crippen LogP contribution < -0.4 is 10.2 Å². The van der Waals surface area contributed by atoms with Crippen LogP contribution in [0.2, 0.25) is 5.15 Å². The average Bonchev–Trinajstić information content (AvgIpc) is 3.51. The minimum Gasteiger partial charge on any atom is -0.310 e. The first-order valence-electron chi connectivity index (χ1n) is 11.2. The zero-order chi connectivity index (χ0) is 24.4. The number of nitriles is 1. The lowest BCUT2D eigenvalue weighted by Gasteiger charge is -2.19. The van der Waals surface area contributed by atoms with Gasteiger partial charge in [0.15, 0.2) is 0 Å². The molecule has 1 amide bonds. The van der Waals surface area contributed by atoms with Gasteiger partial charge in [-0.2, -0.15) is 10.4 Å². The van der Waals surface area contributed by atoms with Gasteiger partial charge in [-0.15, -0.1) is 0 Å². The van der Waals surface area contributed by atoms with E-state index in [0.29, 0.717) is 52.4 Å². The van der Waals surface area contributed by atoms with Gasteiger partial charge in [-0.05, 0) is 41.8 Å². The second-order valence-electron chi connectivity index (χ2n) is 7.68. The fourth-order valence-electron chi connectivity index (χ4n) is 3.97. The lowest BCUT2D eigenvalue weighted by molar-refractivity contribution is -0.117. The Hall–Kier alpha value is -4.29. The topological polar surface area (TPSA) is 113 Å². The van der Waals surface area contributed by atoms with Crippen LogP contribution in [0.4, 0.5) is 17.5 Å². The van der Waals surface area contributed by atoms with Crippen molar-refractivity contribution in [3.63, 3.8) is 0 Å². The normalized spacial score (nSPS) is 12.7. The highest BCUT2D eigenvalue weighted by Crippen LogP contribution is 2.36. The predicted octanol–water partition coefficient (Wildman–Crippen LogP) is 3.67. The van der Waals surface area contributed by atoms with Crippen molar-refractivity contribution in [3.8, 4) is 17.3 Å². The Morgan fingerprint density at radius 2 is 2.18 bits per heavy atom. The molecule has 0 aliphatic carbocycles. The number of halogens is 1. The van der Waals surface area contributed by atoms with Gasteiger partial charge >= 0.3 is 0 Å². The van der Waals surface area contributed by atoms with Gasteiger partial charge in [-0.1, -0.05) is 17.7 Å². The van der Waals surface area contributed by atoms with Gasteiger partial charge in [0.25, 0.3) is 0 Å². The molecule has 1 aliphatic heterocycles. The van der Waals surface area contributed by atoms with Crippen molar-refractivity contribution in [2.24, 2.45) is 7.02 Å². The van der Waals surface area contributed by atoms with E-state index in [4.69, 9.17) is 13.0 Å². The second kappa shape index (κ2) is 8.92. The van der Waals surface area contributed by atoms with Gasteiger partial charge in [0.1, 0.15) is 17.0 Å². The van der Waals surface area contributed by atoms with Crippen LogP contribution in [0.3, 0.4) is 0 Å². The van der Waals surface area contributed by atoms with Gasteiger partial charge in [-0.25, -0.2) is 15.0 Å². The van der Waals surface area contributed by atoms with Crippen LogP contribution in [-0.4, -0.2) is 37.2 Å². The number of pyridine rings is 1. The number of amides is 1. The maximum absolute atomic E-state index is 13.1. The lowest BCUT2D eigenvalue weighted by Crippen LogP contribution is -2.31. The number of nitrogens with zero attached hydrogens (tertiary/aromatic N) is 7. The van der Waals surface area contributed by atoms with Crippen LogP contribution in [-0.2, 0) is 24.7 Å². The number of fused-ring (bicyclic) bond motifs is 1. The highest BCUT2D eigenvalue weighted by atomic mass is 35.5. The van der Waals surface area contributed by atoms with Gasteiger partial charge in [0.05, 0.1) is 29.6 Å². The summed E-state index contributed by atoms with van der Waals surface area (Å²) in [4.78, 5) is 27.6. The first-order chi connectivity index (χ1) is 17.1. The van der Waals surface area contributed by atoms with Crippen molar-refractivity contribution in [1.82, 2.24) is 24.7 Å². The molecule has 3 aromatic heterocycles. The SMILES string of the molecule is [2H]Cn1nccc1Nc1nccc(-c2cc(C#N)c3c(c2)CCN3C(=O)Cc2cccnc2Cl)n1. The summed E-state index contributed by atoms with van der Waals surface area (Å²) < 4.78 is 9.01. The fraction of sp³-hybridized carbons (Fsp3) is 0.167. The summed E-state index contributed by atoms with van der Waals surface area (Å²) in [6.07, 6.45) is 5.53. The quantitative estimate of drug-likeness (QED) is 0.442. The van der Waals surface area contributed by atoms with Crippen LogP contribution in [0.25, 0.3) is 11.3 Å². The third-order valence-electron chi connectivity index (χ3n) is 5.57. The lowest BCUT2D eigenvalue weighted by atomic mass is 10.0. The Balaban J connectivity index is 1.43. The van der Waals surface area contributed by atoms with Crippen molar-refractivity contribution in [1.29, 1.82) is 5.26 Å². The van der Waals surface area contributed by atoms with E-state index in [1.807, 2.05) is 6.07 Å². The van der Waals surface area contributed by atoms with Gasteiger partial charge in [0, 0.05) is 39.0 Å². The molecule has 0 bridgehead atoms. The number of aryl methyl sites for hydroxylation is 1. The minimum atomic E-state index is -0.137. The summed E-state index contributed by atoms with van der Waals surface area (Å²) in [6.45, 7) is 0.484. The molecule has 10 heteroatoms. The molecule has 0 unspecified atom stereocenters. The smallest absolute Gasteiger partial charge is 0.231 e. The third kappa shape index (κ3) is 4.07. The molecule has 4 heterocycles. The summed E-state index contributed by atoms with van der Waals surface area (Å²) in [5, 5.41) is 17.3. The zero-order valence-electron chi connectivity index (χ0n) is 18.9. The molecular weight excluding hydrogens is 452 g/mol. The van der Waals surface area contributed by atoms with E-state index in [9.17, 15) is 10.1 Å². The molecular formula is C24H19ClN8O. The molecule has 34 heavy (non-hydrogen) atoms. The van der Waals surface area contributed by atoms with E-state index in [1.165, 1.54) is 4.68 Å². The second-order valence-corrected chi connectivity index (χ2v) is 8.03. The van der Waals surface area contributed by atoms with Crippen molar-refractivity contribution in [2.75, 3.05) is 16.8 Å². The van der Waals surface area contributed by atoms with Gasteiger partial charge in [-0.3, -0.25) is 9.48 Å². The Kier molecular flexibility index (Phi) is 5.33. The molecule has 168 valence electrons. The van der Waals surface area contributed by atoms with Gasteiger partial charge in [0.2, 0.25) is 11.9 Å². The Labute approximate surface area is 202 Å². The molecule has 0 atom stereocenters. The van der Waals surface area contributed by atoms with Crippen molar-refractivity contribution < 1.29 is 6.17 Å². The number of hydrogen-bond donors (Lipinski definition) is 1. The predicted molar refractivity (Wildman–Crippen MR) is 128 cm³/mol. The summed E-state index contributed by atoms with van der Waals surface area (Å²) in [5.74, 6) is 0.816. The van der Waals surface area contributed by atoms with Gasteiger partial charge < -0.3 is 10.2 Å². The van der Waals surface area contributed by atoms with Crippen LogP contribution in [0.5, 0.6) is 0 Å². The van der Waals surface area contributed by atoms with E-state index in [2.05, 4.69) is 31.4 Å². The third-order valence-corrected chi connectivity index (χ3v) is 5.91. The molecule has 4 aromatic rings. The van der Waals surface area contributed by atoms with Crippen LogP contribution in [0, 0.1) is 11.3 Å². The largest absolute Gasteiger partial charge is 0.310 e. The summed E-state index contributed by atoms with van der Waals surface area (Å²) in [7, 11) is -0.0341. The molecule has 0 fully saturated rings. The Morgan fingerprint density at radius 1 is 1.26 bits per heavy atom. The van der Waals surface area contributed by atoms with Crippen LogP contribution >= 0.6 is 11.6 Å². The molecule has 9 nitrogen and oxygen atoms in total. The molecule has 1 aromatic carbocycles. The monoisotopic (exact) mass is 471 g/mol. The number of anilines is 3. The standard InChI is InChI=1S/C24H19ClN8O/c1-32-20(5-9-29-32)31-24-28-8-4-19(30-24)17-11-15-6-10-33(22(15)18(12-17)14-26)21(34)13-16-3-2-7-27-23(16)25/h2-5,7-9,11-12H,6,10,13H2,1H3,(H,28,30,31)/i1D. The summed E-state index contributed by atoms with van der Waals surface area (Å²) in [5.41, 5.74) is 3.98. The first kappa shape index (κ1) is 20.3. The summed E-state index contributed by atoms with van der Waals surface area (Å²) in [6, 6.07) is 12.9. The first-order valence-corrected chi connectivity index (χ1v) is 10.8. The Bertz CT molecular complexity index is 1460. The van der Waals surface area contributed by atoms with Crippen molar-refractivity contribution in [2.45, 2.75) is 12.8 Å². The molecule has 1 aliphatic rings. The average molecular weight is 472 g/mol. The van der Waals surface area contributed by atoms with E-state index in [1.54, 1.807) is 53.8 Å². The number of nitrogens with one attached hydrogen (secondary N) is 1. The number of benzene rings is 1. The maximum Gasteiger partial charge on any atom is 0.231 e. The van der Waals surface area contributed by atoms with Crippen LogP contribution in [0.15, 0.2) is 55.0 Å². The van der Waals surface area contributed by atoms with E-state index >= 15 is 0 Å². The number of aromatic nitrogens is 5. The molecule has 1 N–H and O–H groups in total.